The molecule has 34 heavy (non-hydrogen) atoms. The summed E-state index contributed by atoms with van der Waals surface area (Å²) in [5, 5.41) is 4.81. The van der Waals surface area contributed by atoms with E-state index in [4.69, 9.17) is 14.1 Å². The second-order valence-electron chi connectivity index (χ2n) is 9.17. The van der Waals surface area contributed by atoms with Crippen molar-refractivity contribution in [1.82, 2.24) is 10.4 Å². The van der Waals surface area contributed by atoms with E-state index in [-0.39, 0.29) is 24.6 Å². The summed E-state index contributed by atoms with van der Waals surface area (Å²) in [4.78, 5) is 22.8. The van der Waals surface area contributed by atoms with Gasteiger partial charge in [-0.1, -0.05) is 55.8 Å². The van der Waals surface area contributed by atoms with Gasteiger partial charge in [0, 0.05) is 19.0 Å². The van der Waals surface area contributed by atoms with Crippen LogP contribution < -0.4 is 5.32 Å². The molecule has 3 unspecified atom stereocenters. The van der Waals surface area contributed by atoms with Gasteiger partial charge in [0.05, 0.1) is 18.0 Å². The van der Waals surface area contributed by atoms with Crippen LogP contribution in [0.2, 0.25) is 0 Å². The summed E-state index contributed by atoms with van der Waals surface area (Å²) in [5.74, 6) is 0.557. The molecule has 0 radical (unpaired) electrons. The Labute approximate surface area is 205 Å². The molecule has 7 nitrogen and oxygen atoms in total. The average molecular weight is 489 g/mol. The smallest absolute Gasteiger partial charge is 0.220 e. The molecule has 0 aliphatic carbocycles. The zero-order valence-corrected chi connectivity index (χ0v) is 21.3. The average Bonchev–Trinajstić information content (AvgIpc) is 2.83. The van der Waals surface area contributed by atoms with E-state index in [0.717, 1.165) is 17.5 Å². The van der Waals surface area contributed by atoms with E-state index in [2.05, 4.69) is 50.4 Å². The van der Waals surface area contributed by atoms with E-state index >= 15 is 0 Å². The molecule has 186 valence electrons. The van der Waals surface area contributed by atoms with Gasteiger partial charge in [-0.15, -0.1) is 0 Å². The SMILES string of the molecule is COOCC1CC(NC(=O)CCC(C)C)CCN1OS(=O)c1ccc(-c2ccc(C)cc2)cc1. The Hall–Kier alpha value is -2.10. The molecule has 1 saturated heterocycles. The van der Waals surface area contributed by atoms with Gasteiger partial charge in [0.15, 0.2) is 0 Å². The first kappa shape index (κ1) is 26.5. The number of benzene rings is 2. The zero-order chi connectivity index (χ0) is 24.5. The first-order valence-electron chi connectivity index (χ1n) is 11.8. The molecule has 0 saturated carbocycles. The Kier molecular flexibility index (Phi) is 10.2. The van der Waals surface area contributed by atoms with Crippen molar-refractivity contribution >= 4 is 17.0 Å². The van der Waals surface area contributed by atoms with Gasteiger partial charge < -0.3 is 5.32 Å². The third kappa shape index (κ3) is 7.99. The van der Waals surface area contributed by atoms with Crippen LogP contribution in [-0.4, -0.2) is 47.5 Å². The van der Waals surface area contributed by atoms with Crippen molar-refractivity contribution in [1.29, 1.82) is 0 Å². The molecule has 0 spiro atoms. The highest BCUT2D eigenvalue weighted by Gasteiger charge is 2.32. The molecular formula is C26H36N2O5S. The summed E-state index contributed by atoms with van der Waals surface area (Å²) >= 11 is -1.66. The van der Waals surface area contributed by atoms with Gasteiger partial charge in [-0.3, -0.25) is 4.79 Å². The molecule has 2 aromatic carbocycles. The van der Waals surface area contributed by atoms with Crippen LogP contribution in [0.4, 0.5) is 0 Å². The highest BCUT2D eigenvalue weighted by molar-refractivity contribution is 7.80. The van der Waals surface area contributed by atoms with Crippen molar-refractivity contribution in [2.24, 2.45) is 5.92 Å². The van der Waals surface area contributed by atoms with Crippen molar-refractivity contribution in [3.05, 3.63) is 54.1 Å². The fraction of sp³-hybridized carbons (Fsp3) is 0.500. The Balaban J connectivity index is 1.58. The normalized spacial score (nSPS) is 19.8. The molecule has 1 heterocycles. The lowest BCUT2D eigenvalue weighted by Crippen LogP contribution is -2.51. The summed E-state index contributed by atoms with van der Waals surface area (Å²) < 4.78 is 18.8. The van der Waals surface area contributed by atoms with Crippen LogP contribution in [0.5, 0.6) is 0 Å². The number of amides is 1. The van der Waals surface area contributed by atoms with Crippen molar-refractivity contribution < 1.29 is 23.1 Å². The molecule has 1 amide bonds. The van der Waals surface area contributed by atoms with Gasteiger partial charge in [0.25, 0.3) is 0 Å². The number of piperidine rings is 1. The molecule has 1 aliphatic heterocycles. The molecule has 3 rings (SSSR count). The predicted molar refractivity (Wildman–Crippen MR) is 133 cm³/mol. The van der Waals surface area contributed by atoms with Crippen LogP contribution in [0, 0.1) is 12.8 Å². The lowest BCUT2D eigenvalue weighted by atomic mass is 9.99. The molecule has 0 aromatic heterocycles. The number of hydrogen-bond acceptors (Lipinski definition) is 6. The fourth-order valence-corrected chi connectivity index (χ4v) is 4.73. The maximum absolute atomic E-state index is 12.9. The first-order valence-corrected chi connectivity index (χ1v) is 12.9. The maximum Gasteiger partial charge on any atom is 0.220 e. The minimum Gasteiger partial charge on any atom is -0.353 e. The van der Waals surface area contributed by atoms with E-state index < -0.39 is 11.1 Å². The highest BCUT2D eigenvalue weighted by atomic mass is 32.2. The van der Waals surface area contributed by atoms with E-state index in [1.165, 1.54) is 12.7 Å². The largest absolute Gasteiger partial charge is 0.353 e. The second-order valence-corrected chi connectivity index (χ2v) is 10.3. The van der Waals surface area contributed by atoms with Crippen LogP contribution >= 0.6 is 0 Å². The molecule has 2 aromatic rings. The fourth-order valence-electron chi connectivity index (χ4n) is 3.91. The highest BCUT2D eigenvalue weighted by Crippen LogP contribution is 2.24. The Bertz CT molecular complexity index is 933. The Morgan fingerprint density at radius 1 is 1.12 bits per heavy atom. The summed E-state index contributed by atoms with van der Waals surface area (Å²) in [6.07, 6.45) is 2.72. The topological polar surface area (TPSA) is 77.1 Å². The Morgan fingerprint density at radius 2 is 1.76 bits per heavy atom. The van der Waals surface area contributed by atoms with Crippen molar-refractivity contribution in [3.63, 3.8) is 0 Å². The van der Waals surface area contributed by atoms with E-state index in [0.29, 0.717) is 36.6 Å². The van der Waals surface area contributed by atoms with Crippen molar-refractivity contribution in [2.75, 3.05) is 20.3 Å². The lowest BCUT2D eigenvalue weighted by molar-refractivity contribution is -0.291. The first-order chi connectivity index (χ1) is 16.4. The molecule has 1 aliphatic rings. The third-order valence-electron chi connectivity index (χ3n) is 5.95. The molecular weight excluding hydrogens is 452 g/mol. The predicted octanol–water partition coefficient (Wildman–Crippen LogP) is 4.58. The summed E-state index contributed by atoms with van der Waals surface area (Å²) in [7, 11) is 1.45. The van der Waals surface area contributed by atoms with Crippen LogP contribution in [0.3, 0.4) is 0 Å². The van der Waals surface area contributed by atoms with Gasteiger partial charge in [0.1, 0.15) is 6.61 Å². The molecule has 8 heteroatoms. The van der Waals surface area contributed by atoms with Gasteiger partial charge in [-0.2, -0.15) is 9.35 Å². The van der Waals surface area contributed by atoms with Crippen LogP contribution in [0.25, 0.3) is 11.1 Å². The van der Waals surface area contributed by atoms with Gasteiger partial charge in [-0.05, 0) is 55.4 Å². The number of hydroxylamine groups is 2. The van der Waals surface area contributed by atoms with Crippen LogP contribution in [0.1, 0.15) is 45.1 Å². The van der Waals surface area contributed by atoms with Crippen LogP contribution in [-0.2, 0) is 29.9 Å². The monoisotopic (exact) mass is 488 g/mol. The standard InChI is InChI=1S/C26H36N2O5S/c1-19(2)5-14-26(29)27-23-15-16-28(24(17-23)18-32-31-4)33-34(30)25-12-10-22(11-13-25)21-8-6-20(3)7-9-21/h6-13,19,23-24H,5,14-18H2,1-4H3,(H,27,29). The number of nitrogens with one attached hydrogen (secondary N) is 1. The van der Waals surface area contributed by atoms with E-state index in [1.807, 2.05) is 24.3 Å². The third-order valence-corrected chi connectivity index (χ3v) is 6.93. The maximum atomic E-state index is 12.9. The molecule has 1 N–H and O–H groups in total. The van der Waals surface area contributed by atoms with Gasteiger partial charge in [-0.25, -0.2) is 14.0 Å². The molecule has 3 atom stereocenters. The number of hydrogen-bond donors (Lipinski definition) is 1. The lowest BCUT2D eigenvalue weighted by Gasteiger charge is -2.37. The number of nitrogens with zero attached hydrogens (tertiary/aromatic N) is 1. The summed E-state index contributed by atoms with van der Waals surface area (Å²) in [6, 6.07) is 15.7. The van der Waals surface area contributed by atoms with E-state index in [1.54, 1.807) is 5.06 Å². The number of carbonyl (C=O) groups is 1. The van der Waals surface area contributed by atoms with Gasteiger partial charge >= 0.3 is 0 Å². The quantitative estimate of drug-likeness (QED) is 0.369. The number of aryl methyl sites for hydroxylation is 1. The van der Waals surface area contributed by atoms with E-state index in [9.17, 15) is 9.00 Å². The summed E-state index contributed by atoms with van der Waals surface area (Å²) in [5.41, 5.74) is 3.38. The summed E-state index contributed by atoms with van der Waals surface area (Å²) in [6.45, 7) is 7.05. The zero-order valence-electron chi connectivity index (χ0n) is 20.5. The minimum atomic E-state index is -1.66. The van der Waals surface area contributed by atoms with Crippen molar-refractivity contribution in [2.45, 2.75) is 63.4 Å². The van der Waals surface area contributed by atoms with Crippen molar-refractivity contribution in [3.8, 4) is 11.1 Å². The van der Waals surface area contributed by atoms with Crippen LogP contribution in [0.15, 0.2) is 53.4 Å². The number of rotatable bonds is 11. The van der Waals surface area contributed by atoms with Gasteiger partial charge in [0.2, 0.25) is 17.0 Å². The Morgan fingerprint density at radius 3 is 2.38 bits per heavy atom. The molecule has 0 bridgehead atoms. The minimum absolute atomic E-state index is 0.0206. The number of carbonyl (C=O) groups excluding carboxylic acids is 1. The second kappa shape index (κ2) is 13.1. The molecule has 1 fully saturated rings.